The predicted octanol–water partition coefficient (Wildman–Crippen LogP) is 1.70. The molecule has 4 heteroatoms. The zero-order valence-electron chi connectivity index (χ0n) is 8.09. The molecule has 1 aromatic heterocycles. The molecule has 2 rings (SSSR count). The highest BCUT2D eigenvalue weighted by molar-refractivity contribution is 6.29. The Kier molecular flexibility index (Phi) is 3.01. The van der Waals surface area contributed by atoms with Crippen molar-refractivity contribution in [2.24, 2.45) is 0 Å². The van der Waals surface area contributed by atoms with E-state index in [-0.39, 0.29) is 6.04 Å². The minimum Gasteiger partial charge on any atom is -0.378 e. The third kappa shape index (κ3) is 2.05. The zero-order valence-corrected chi connectivity index (χ0v) is 8.84. The normalized spacial score (nSPS) is 22.3. The van der Waals surface area contributed by atoms with Crippen LogP contribution in [0.25, 0.3) is 0 Å². The van der Waals surface area contributed by atoms with Crippen LogP contribution in [-0.4, -0.2) is 24.7 Å². The lowest BCUT2D eigenvalue weighted by Crippen LogP contribution is -2.35. The molecule has 76 valence electrons. The Bertz CT molecular complexity index is 324. The third-order valence-electron chi connectivity index (χ3n) is 2.39. The van der Waals surface area contributed by atoms with Gasteiger partial charge >= 0.3 is 0 Å². The van der Waals surface area contributed by atoms with E-state index in [0.717, 1.165) is 18.8 Å². The molecular weight excluding hydrogens is 200 g/mol. The molecule has 1 N–H and O–H groups in total. The van der Waals surface area contributed by atoms with Gasteiger partial charge in [-0.05, 0) is 18.6 Å². The Morgan fingerprint density at radius 2 is 2.43 bits per heavy atom. The molecule has 1 aromatic rings. The maximum Gasteiger partial charge on any atom is 0.129 e. The van der Waals surface area contributed by atoms with Crippen LogP contribution >= 0.6 is 11.6 Å². The number of halogens is 1. The predicted molar refractivity (Wildman–Crippen MR) is 55.5 cm³/mol. The standard InChI is InChI=1S/C10H13ClN2O/c1-7-8(2-3-10(11)13-7)9-6-14-5-4-12-9/h2-3,9,12H,4-6H2,1H3. The van der Waals surface area contributed by atoms with E-state index in [1.165, 1.54) is 5.56 Å². The second kappa shape index (κ2) is 4.26. The van der Waals surface area contributed by atoms with Crippen LogP contribution in [0.3, 0.4) is 0 Å². The van der Waals surface area contributed by atoms with Crippen molar-refractivity contribution in [3.05, 3.63) is 28.5 Å². The van der Waals surface area contributed by atoms with Gasteiger partial charge in [0, 0.05) is 12.2 Å². The number of pyridine rings is 1. The summed E-state index contributed by atoms with van der Waals surface area (Å²) >= 11 is 5.79. The molecule has 3 nitrogen and oxygen atoms in total. The van der Waals surface area contributed by atoms with Crippen LogP contribution in [0.1, 0.15) is 17.3 Å². The Labute approximate surface area is 88.4 Å². The molecule has 1 aliphatic heterocycles. The molecule has 1 fully saturated rings. The van der Waals surface area contributed by atoms with Gasteiger partial charge < -0.3 is 10.1 Å². The van der Waals surface area contributed by atoms with Gasteiger partial charge in [-0.2, -0.15) is 0 Å². The lowest BCUT2D eigenvalue weighted by atomic mass is 10.1. The van der Waals surface area contributed by atoms with Crippen molar-refractivity contribution in [3.63, 3.8) is 0 Å². The van der Waals surface area contributed by atoms with Gasteiger partial charge in [-0.25, -0.2) is 4.98 Å². The summed E-state index contributed by atoms with van der Waals surface area (Å²) in [5.41, 5.74) is 2.15. The number of hydrogen-bond donors (Lipinski definition) is 1. The third-order valence-corrected chi connectivity index (χ3v) is 2.60. The fourth-order valence-electron chi connectivity index (χ4n) is 1.67. The van der Waals surface area contributed by atoms with Crippen molar-refractivity contribution in [1.82, 2.24) is 10.3 Å². The maximum absolute atomic E-state index is 5.79. The van der Waals surface area contributed by atoms with Crippen LogP contribution < -0.4 is 5.32 Å². The molecule has 0 amide bonds. The molecule has 14 heavy (non-hydrogen) atoms. The lowest BCUT2D eigenvalue weighted by molar-refractivity contribution is 0.0766. The quantitative estimate of drug-likeness (QED) is 0.720. The van der Waals surface area contributed by atoms with Crippen molar-refractivity contribution < 1.29 is 4.74 Å². The van der Waals surface area contributed by atoms with E-state index in [4.69, 9.17) is 16.3 Å². The molecule has 1 unspecified atom stereocenters. The monoisotopic (exact) mass is 212 g/mol. The number of ether oxygens (including phenoxy) is 1. The average Bonchev–Trinajstić information content (AvgIpc) is 2.19. The number of nitrogens with zero attached hydrogens (tertiary/aromatic N) is 1. The maximum atomic E-state index is 5.79. The molecule has 0 spiro atoms. The van der Waals surface area contributed by atoms with Crippen LogP contribution in [0.15, 0.2) is 12.1 Å². The number of rotatable bonds is 1. The molecule has 0 aliphatic carbocycles. The Morgan fingerprint density at radius 1 is 1.57 bits per heavy atom. The highest BCUT2D eigenvalue weighted by atomic mass is 35.5. The molecular formula is C10H13ClN2O. The minimum absolute atomic E-state index is 0.258. The number of aryl methyl sites for hydroxylation is 1. The van der Waals surface area contributed by atoms with E-state index in [9.17, 15) is 0 Å². The number of hydrogen-bond acceptors (Lipinski definition) is 3. The SMILES string of the molecule is Cc1nc(Cl)ccc1C1COCCN1. The summed E-state index contributed by atoms with van der Waals surface area (Å²) < 4.78 is 5.40. The lowest BCUT2D eigenvalue weighted by Gasteiger charge is -2.25. The largest absolute Gasteiger partial charge is 0.378 e. The molecule has 0 saturated carbocycles. The van der Waals surface area contributed by atoms with Crippen molar-refractivity contribution >= 4 is 11.6 Å². The van der Waals surface area contributed by atoms with Gasteiger partial charge in [-0.1, -0.05) is 17.7 Å². The van der Waals surface area contributed by atoms with Gasteiger partial charge in [0.25, 0.3) is 0 Å². The first-order valence-corrected chi connectivity index (χ1v) is 5.09. The van der Waals surface area contributed by atoms with Gasteiger partial charge in [-0.3, -0.25) is 0 Å². The first kappa shape index (κ1) is 9.90. The molecule has 2 heterocycles. The molecule has 1 saturated heterocycles. The van der Waals surface area contributed by atoms with Crippen molar-refractivity contribution in [2.45, 2.75) is 13.0 Å². The van der Waals surface area contributed by atoms with Gasteiger partial charge in [0.05, 0.1) is 19.3 Å². The van der Waals surface area contributed by atoms with Crippen molar-refractivity contribution in [2.75, 3.05) is 19.8 Å². The summed E-state index contributed by atoms with van der Waals surface area (Å²) in [5, 5.41) is 3.93. The van der Waals surface area contributed by atoms with Crippen LogP contribution in [0.5, 0.6) is 0 Å². The molecule has 0 aromatic carbocycles. The van der Waals surface area contributed by atoms with E-state index in [0.29, 0.717) is 11.8 Å². The summed E-state index contributed by atoms with van der Waals surface area (Å²) in [4.78, 5) is 4.22. The number of nitrogens with one attached hydrogen (secondary N) is 1. The van der Waals surface area contributed by atoms with Crippen LogP contribution in [-0.2, 0) is 4.74 Å². The molecule has 1 atom stereocenters. The topological polar surface area (TPSA) is 34.1 Å². The summed E-state index contributed by atoms with van der Waals surface area (Å²) in [7, 11) is 0. The van der Waals surface area contributed by atoms with Crippen molar-refractivity contribution in [3.8, 4) is 0 Å². The zero-order chi connectivity index (χ0) is 9.97. The second-order valence-electron chi connectivity index (χ2n) is 3.39. The van der Waals surface area contributed by atoms with Crippen molar-refractivity contribution in [1.29, 1.82) is 0 Å². The molecule has 1 aliphatic rings. The van der Waals surface area contributed by atoms with Gasteiger partial charge in [0.15, 0.2) is 0 Å². The smallest absolute Gasteiger partial charge is 0.129 e. The van der Waals surface area contributed by atoms with Gasteiger partial charge in [0.1, 0.15) is 5.15 Å². The van der Waals surface area contributed by atoms with E-state index in [1.54, 1.807) is 0 Å². The van der Waals surface area contributed by atoms with E-state index < -0.39 is 0 Å². The van der Waals surface area contributed by atoms with Crippen LogP contribution in [0, 0.1) is 6.92 Å². The minimum atomic E-state index is 0.258. The summed E-state index contributed by atoms with van der Waals surface area (Å²) in [6.07, 6.45) is 0. The average molecular weight is 213 g/mol. The fraction of sp³-hybridized carbons (Fsp3) is 0.500. The number of morpholine rings is 1. The Balaban J connectivity index is 2.22. The second-order valence-corrected chi connectivity index (χ2v) is 3.78. The highest BCUT2D eigenvalue weighted by Crippen LogP contribution is 2.20. The first-order valence-electron chi connectivity index (χ1n) is 4.71. The summed E-state index contributed by atoms with van der Waals surface area (Å²) in [6, 6.07) is 4.09. The van der Waals surface area contributed by atoms with Gasteiger partial charge in [0.2, 0.25) is 0 Å². The fourth-order valence-corrected chi connectivity index (χ4v) is 1.86. The van der Waals surface area contributed by atoms with Crippen LogP contribution in [0.2, 0.25) is 5.15 Å². The van der Waals surface area contributed by atoms with E-state index in [1.807, 2.05) is 19.1 Å². The van der Waals surface area contributed by atoms with E-state index >= 15 is 0 Å². The summed E-state index contributed by atoms with van der Waals surface area (Å²) in [5.74, 6) is 0. The Morgan fingerprint density at radius 3 is 3.07 bits per heavy atom. The first-order chi connectivity index (χ1) is 6.77. The summed E-state index contributed by atoms with van der Waals surface area (Å²) in [6.45, 7) is 4.37. The number of aromatic nitrogens is 1. The molecule has 0 radical (unpaired) electrons. The Hall–Kier alpha value is -0.640. The van der Waals surface area contributed by atoms with Crippen LogP contribution in [0.4, 0.5) is 0 Å². The van der Waals surface area contributed by atoms with Gasteiger partial charge in [-0.15, -0.1) is 0 Å². The van der Waals surface area contributed by atoms with E-state index in [2.05, 4.69) is 10.3 Å². The highest BCUT2D eigenvalue weighted by Gasteiger charge is 2.17. The molecule has 0 bridgehead atoms.